The van der Waals surface area contributed by atoms with Crippen LogP contribution >= 0.6 is 0 Å². The van der Waals surface area contributed by atoms with Crippen LogP contribution in [0.5, 0.6) is 0 Å². The van der Waals surface area contributed by atoms with E-state index in [4.69, 9.17) is 0 Å². The molecule has 0 saturated carbocycles. The summed E-state index contributed by atoms with van der Waals surface area (Å²) < 4.78 is 0. The van der Waals surface area contributed by atoms with Crippen molar-refractivity contribution < 1.29 is 4.79 Å². The summed E-state index contributed by atoms with van der Waals surface area (Å²) in [6, 6.07) is 15.7. The van der Waals surface area contributed by atoms with E-state index in [-0.39, 0.29) is 5.78 Å². The van der Waals surface area contributed by atoms with Crippen LogP contribution in [0.3, 0.4) is 0 Å². The zero-order chi connectivity index (χ0) is 12.7. The topological polar surface area (TPSA) is 17.1 Å². The first kappa shape index (κ1) is 11.0. The molecule has 0 aliphatic heterocycles. The third-order valence-corrected chi connectivity index (χ3v) is 3.38. The molecule has 0 amide bonds. The average molecular weight is 234 g/mol. The zero-order valence-corrected chi connectivity index (χ0v) is 10.5. The van der Waals surface area contributed by atoms with Crippen molar-refractivity contribution in [2.24, 2.45) is 0 Å². The van der Waals surface area contributed by atoms with E-state index < -0.39 is 0 Å². The molecular weight excluding hydrogens is 220 g/mol. The van der Waals surface area contributed by atoms with Gasteiger partial charge < -0.3 is 0 Å². The molecule has 88 valence electrons. The van der Waals surface area contributed by atoms with Crippen molar-refractivity contribution in [1.82, 2.24) is 0 Å². The van der Waals surface area contributed by atoms with Gasteiger partial charge in [-0.15, -0.1) is 0 Å². The lowest BCUT2D eigenvalue weighted by molar-refractivity contribution is 0.103. The van der Waals surface area contributed by atoms with Crippen LogP contribution in [0.4, 0.5) is 0 Å². The minimum Gasteiger partial charge on any atom is -0.289 e. The standard InChI is InChI=1S/C17H14O/c1-11(2)16-12-7-3-5-9-14(12)17(18)15-10-6-4-8-13(15)16/h3-10H,1-2H3. The number of ketones is 1. The van der Waals surface area contributed by atoms with Gasteiger partial charge in [-0.05, 0) is 30.5 Å². The maximum atomic E-state index is 12.5. The summed E-state index contributed by atoms with van der Waals surface area (Å²) in [6.45, 7) is 4.19. The number of carbonyl (C=O) groups is 1. The summed E-state index contributed by atoms with van der Waals surface area (Å²) in [7, 11) is 0. The molecular formula is C17H14O. The molecule has 0 atom stereocenters. The Morgan fingerprint density at radius 3 is 1.50 bits per heavy atom. The fraction of sp³-hybridized carbons (Fsp3) is 0.118. The van der Waals surface area contributed by atoms with Gasteiger partial charge in [-0.2, -0.15) is 0 Å². The first-order chi connectivity index (χ1) is 8.70. The molecule has 0 spiro atoms. The number of hydrogen-bond acceptors (Lipinski definition) is 1. The lowest BCUT2D eigenvalue weighted by Crippen LogP contribution is -2.14. The van der Waals surface area contributed by atoms with Gasteiger partial charge in [-0.1, -0.05) is 54.1 Å². The molecule has 0 radical (unpaired) electrons. The van der Waals surface area contributed by atoms with Crippen molar-refractivity contribution in [3.8, 4) is 0 Å². The van der Waals surface area contributed by atoms with Gasteiger partial charge in [0.25, 0.3) is 0 Å². The first-order valence-corrected chi connectivity index (χ1v) is 6.11. The molecule has 18 heavy (non-hydrogen) atoms. The van der Waals surface area contributed by atoms with Crippen LogP contribution in [0.25, 0.3) is 5.57 Å². The largest absolute Gasteiger partial charge is 0.289 e. The summed E-state index contributed by atoms with van der Waals surface area (Å²) in [5, 5.41) is 0. The van der Waals surface area contributed by atoms with Gasteiger partial charge in [0.05, 0.1) is 0 Å². The lowest BCUT2D eigenvalue weighted by atomic mass is 9.80. The fourth-order valence-electron chi connectivity index (χ4n) is 2.63. The van der Waals surface area contributed by atoms with Gasteiger partial charge >= 0.3 is 0 Å². The van der Waals surface area contributed by atoms with Gasteiger partial charge in [-0.25, -0.2) is 0 Å². The molecule has 2 aromatic rings. The quantitative estimate of drug-likeness (QED) is 0.573. The normalized spacial score (nSPS) is 13.0. The average Bonchev–Trinajstić information content (AvgIpc) is 2.39. The van der Waals surface area contributed by atoms with Crippen molar-refractivity contribution in [1.29, 1.82) is 0 Å². The molecule has 1 nitrogen and oxygen atoms in total. The van der Waals surface area contributed by atoms with Crippen LogP contribution in [0, 0.1) is 0 Å². The summed E-state index contributed by atoms with van der Waals surface area (Å²) in [6.07, 6.45) is 0. The van der Waals surface area contributed by atoms with Crippen LogP contribution in [0.1, 0.15) is 40.9 Å². The second kappa shape index (κ2) is 3.95. The van der Waals surface area contributed by atoms with E-state index in [1.807, 2.05) is 48.5 Å². The van der Waals surface area contributed by atoms with Crippen LogP contribution in [0.2, 0.25) is 0 Å². The molecule has 0 N–H and O–H groups in total. The summed E-state index contributed by atoms with van der Waals surface area (Å²) in [5.74, 6) is 0.131. The molecule has 0 fully saturated rings. The molecule has 0 unspecified atom stereocenters. The Bertz CT molecular complexity index is 622. The second-order valence-electron chi connectivity index (χ2n) is 4.80. The van der Waals surface area contributed by atoms with Crippen molar-refractivity contribution >= 4 is 11.4 Å². The Balaban J connectivity index is 2.42. The highest BCUT2D eigenvalue weighted by molar-refractivity contribution is 6.18. The Kier molecular flexibility index (Phi) is 2.41. The number of fused-ring (bicyclic) bond motifs is 2. The molecule has 1 heteroatoms. The van der Waals surface area contributed by atoms with Crippen LogP contribution in [-0.2, 0) is 0 Å². The molecule has 1 aliphatic carbocycles. The fourth-order valence-corrected chi connectivity index (χ4v) is 2.63. The van der Waals surface area contributed by atoms with E-state index in [1.165, 1.54) is 11.1 Å². The van der Waals surface area contributed by atoms with E-state index in [0.717, 1.165) is 22.3 Å². The van der Waals surface area contributed by atoms with Crippen molar-refractivity contribution in [2.45, 2.75) is 13.8 Å². The predicted octanol–water partition coefficient (Wildman–Crippen LogP) is 4.07. The number of carbonyl (C=O) groups excluding carboxylic acids is 1. The molecule has 0 heterocycles. The first-order valence-electron chi connectivity index (χ1n) is 6.11. The highest BCUT2D eigenvalue weighted by Crippen LogP contribution is 2.37. The minimum atomic E-state index is 0.131. The predicted molar refractivity (Wildman–Crippen MR) is 73.7 cm³/mol. The molecule has 1 aliphatic rings. The summed E-state index contributed by atoms with van der Waals surface area (Å²) in [5.41, 5.74) is 6.17. The Hall–Kier alpha value is -2.15. The van der Waals surface area contributed by atoms with Crippen molar-refractivity contribution in [3.05, 3.63) is 76.4 Å². The maximum Gasteiger partial charge on any atom is 0.194 e. The summed E-state index contributed by atoms with van der Waals surface area (Å²) in [4.78, 5) is 12.5. The monoisotopic (exact) mass is 234 g/mol. The van der Waals surface area contributed by atoms with E-state index >= 15 is 0 Å². The van der Waals surface area contributed by atoms with Crippen LogP contribution in [-0.4, -0.2) is 5.78 Å². The van der Waals surface area contributed by atoms with Crippen molar-refractivity contribution in [3.63, 3.8) is 0 Å². The molecule has 2 aromatic carbocycles. The zero-order valence-electron chi connectivity index (χ0n) is 10.5. The molecule has 0 saturated heterocycles. The molecule has 0 bridgehead atoms. The SMILES string of the molecule is CC(C)=C1c2ccccc2C(=O)c2ccccc21. The van der Waals surface area contributed by atoms with Gasteiger partial charge in [0, 0.05) is 11.1 Å². The molecule has 0 aromatic heterocycles. The smallest absolute Gasteiger partial charge is 0.194 e. The van der Waals surface area contributed by atoms with E-state index in [2.05, 4.69) is 13.8 Å². The Morgan fingerprint density at radius 2 is 1.11 bits per heavy atom. The Morgan fingerprint density at radius 1 is 0.722 bits per heavy atom. The maximum absolute atomic E-state index is 12.5. The lowest BCUT2D eigenvalue weighted by Gasteiger charge is -2.22. The van der Waals surface area contributed by atoms with Gasteiger partial charge in [0.1, 0.15) is 0 Å². The van der Waals surface area contributed by atoms with E-state index in [9.17, 15) is 4.79 Å². The van der Waals surface area contributed by atoms with Crippen LogP contribution in [0.15, 0.2) is 54.1 Å². The molecule has 3 rings (SSSR count). The second-order valence-corrected chi connectivity index (χ2v) is 4.80. The van der Waals surface area contributed by atoms with E-state index in [0.29, 0.717) is 0 Å². The number of rotatable bonds is 0. The third kappa shape index (κ3) is 1.44. The highest BCUT2D eigenvalue weighted by atomic mass is 16.1. The highest BCUT2D eigenvalue weighted by Gasteiger charge is 2.26. The number of hydrogen-bond donors (Lipinski definition) is 0. The number of benzene rings is 2. The van der Waals surface area contributed by atoms with Crippen LogP contribution < -0.4 is 0 Å². The third-order valence-electron chi connectivity index (χ3n) is 3.38. The summed E-state index contributed by atoms with van der Waals surface area (Å²) >= 11 is 0. The van der Waals surface area contributed by atoms with Crippen molar-refractivity contribution in [2.75, 3.05) is 0 Å². The Labute approximate surface area is 107 Å². The van der Waals surface area contributed by atoms with E-state index in [1.54, 1.807) is 0 Å². The van der Waals surface area contributed by atoms with Gasteiger partial charge in [-0.3, -0.25) is 4.79 Å². The van der Waals surface area contributed by atoms with Gasteiger partial charge in [0.2, 0.25) is 0 Å². The van der Waals surface area contributed by atoms with Gasteiger partial charge in [0.15, 0.2) is 5.78 Å². The minimum absolute atomic E-state index is 0.131. The number of allylic oxidation sites excluding steroid dienone is 1.